The first kappa shape index (κ1) is 17.9. The van der Waals surface area contributed by atoms with E-state index in [0.717, 1.165) is 25.7 Å². The van der Waals surface area contributed by atoms with Crippen molar-refractivity contribution in [2.75, 3.05) is 0 Å². The van der Waals surface area contributed by atoms with Gasteiger partial charge in [-0.1, -0.05) is 40.5 Å². The molecule has 0 amide bonds. The Bertz CT molecular complexity index is 175. The van der Waals surface area contributed by atoms with Crippen molar-refractivity contribution in [1.29, 1.82) is 0 Å². The average molecular weight is 258 g/mol. The lowest BCUT2D eigenvalue weighted by Gasteiger charge is -2.32. The minimum absolute atomic E-state index is 0.228. The predicted octanol–water partition coefficient (Wildman–Crippen LogP) is 3.85. The Balaban J connectivity index is 4.55. The molecule has 0 aromatic rings. The number of hydrogen-bond acceptors (Lipinski definition) is 2. The molecule has 0 saturated heterocycles. The highest BCUT2D eigenvalue weighted by Gasteiger charge is 2.29. The van der Waals surface area contributed by atoms with E-state index in [1.54, 1.807) is 0 Å². The van der Waals surface area contributed by atoms with Crippen molar-refractivity contribution in [2.24, 2.45) is 23.7 Å². The SMILES string of the molecule is CC(C)CCC(C(C)O)C(CCC(C)C)C(C)O. The van der Waals surface area contributed by atoms with Gasteiger partial charge >= 0.3 is 0 Å². The fraction of sp³-hybridized carbons (Fsp3) is 1.00. The van der Waals surface area contributed by atoms with Crippen LogP contribution in [0, 0.1) is 23.7 Å². The molecule has 4 atom stereocenters. The molecule has 0 heterocycles. The van der Waals surface area contributed by atoms with Gasteiger partial charge in [0.05, 0.1) is 12.2 Å². The normalized spacial score (nSPS) is 19.0. The molecule has 0 fully saturated rings. The summed E-state index contributed by atoms with van der Waals surface area (Å²) in [4.78, 5) is 0. The minimum atomic E-state index is -0.324. The zero-order valence-corrected chi connectivity index (χ0v) is 13.2. The molecule has 2 N–H and O–H groups in total. The average Bonchev–Trinajstić information content (AvgIpc) is 2.20. The minimum Gasteiger partial charge on any atom is -0.393 e. The van der Waals surface area contributed by atoms with E-state index in [9.17, 15) is 10.2 Å². The summed E-state index contributed by atoms with van der Waals surface area (Å²) in [6.07, 6.45) is 3.64. The van der Waals surface area contributed by atoms with Crippen molar-refractivity contribution in [2.45, 2.75) is 79.4 Å². The molecule has 0 aliphatic rings. The molecule has 2 nitrogen and oxygen atoms in total. The summed E-state index contributed by atoms with van der Waals surface area (Å²) in [5, 5.41) is 20.0. The number of aliphatic hydroxyl groups excluding tert-OH is 2. The van der Waals surface area contributed by atoms with E-state index in [1.807, 2.05) is 13.8 Å². The van der Waals surface area contributed by atoms with Gasteiger partial charge in [0.2, 0.25) is 0 Å². The van der Waals surface area contributed by atoms with Gasteiger partial charge in [-0.25, -0.2) is 0 Å². The fourth-order valence-corrected chi connectivity index (χ4v) is 2.68. The van der Waals surface area contributed by atoms with Crippen molar-refractivity contribution in [3.63, 3.8) is 0 Å². The van der Waals surface area contributed by atoms with E-state index >= 15 is 0 Å². The van der Waals surface area contributed by atoms with Gasteiger partial charge in [-0.15, -0.1) is 0 Å². The number of aliphatic hydroxyl groups is 2. The van der Waals surface area contributed by atoms with Crippen LogP contribution in [0.2, 0.25) is 0 Å². The lowest BCUT2D eigenvalue weighted by Crippen LogP contribution is -2.33. The van der Waals surface area contributed by atoms with Crippen LogP contribution in [-0.4, -0.2) is 22.4 Å². The van der Waals surface area contributed by atoms with E-state index in [0.29, 0.717) is 11.8 Å². The molecule has 0 aromatic carbocycles. The van der Waals surface area contributed by atoms with E-state index < -0.39 is 0 Å². The molecule has 0 aromatic heterocycles. The maximum atomic E-state index is 10.00. The molecule has 110 valence electrons. The monoisotopic (exact) mass is 258 g/mol. The Morgan fingerprint density at radius 2 is 0.833 bits per heavy atom. The van der Waals surface area contributed by atoms with Crippen LogP contribution in [0.5, 0.6) is 0 Å². The maximum absolute atomic E-state index is 10.00. The molecule has 0 radical (unpaired) electrons. The summed E-state index contributed by atoms with van der Waals surface area (Å²) in [6.45, 7) is 12.6. The van der Waals surface area contributed by atoms with Crippen LogP contribution in [0.4, 0.5) is 0 Å². The topological polar surface area (TPSA) is 40.5 Å². The van der Waals surface area contributed by atoms with Gasteiger partial charge in [-0.2, -0.15) is 0 Å². The third kappa shape index (κ3) is 7.38. The second kappa shape index (κ2) is 8.92. The van der Waals surface area contributed by atoms with Crippen LogP contribution < -0.4 is 0 Å². The van der Waals surface area contributed by atoms with Crippen molar-refractivity contribution in [1.82, 2.24) is 0 Å². The summed E-state index contributed by atoms with van der Waals surface area (Å²) in [5.41, 5.74) is 0. The lowest BCUT2D eigenvalue weighted by molar-refractivity contribution is 0.00990. The van der Waals surface area contributed by atoms with Crippen LogP contribution in [0.1, 0.15) is 67.2 Å². The summed E-state index contributed by atoms with van der Waals surface area (Å²) < 4.78 is 0. The molecule has 2 heteroatoms. The molecule has 0 saturated carbocycles. The summed E-state index contributed by atoms with van der Waals surface area (Å²) >= 11 is 0. The van der Waals surface area contributed by atoms with Gasteiger partial charge in [0.15, 0.2) is 0 Å². The zero-order valence-electron chi connectivity index (χ0n) is 13.2. The van der Waals surface area contributed by atoms with Crippen LogP contribution in [0.25, 0.3) is 0 Å². The van der Waals surface area contributed by atoms with Gasteiger partial charge in [0.1, 0.15) is 0 Å². The highest BCUT2D eigenvalue weighted by Crippen LogP contribution is 2.31. The first-order valence-electron chi connectivity index (χ1n) is 7.61. The summed E-state index contributed by atoms with van der Waals surface area (Å²) in [6, 6.07) is 0. The van der Waals surface area contributed by atoms with E-state index in [1.165, 1.54) is 0 Å². The Labute approximate surface area is 114 Å². The van der Waals surface area contributed by atoms with Crippen LogP contribution in [-0.2, 0) is 0 Å². The maximum Gasteiger partial charge on any atom is 0.0543 e. The standard InChI is InChI=1S/C16H34O2/c1-11(2)7-9-15(13(5)17)16(14(6)18)10-8-12(3)4/h11-18H,7-10H2,1-6H3. The second-order valence-corrected chi connectivity index (χ2v) is 6.75. The summed E-state index contributed by atoms with van der Waals surface area (Å²) in [7, 11) is 0. The predicted molar refractivity (Wildman–Crippen MR) is 78.5 cm³/mol. The van der Waals surface area contributed by atoms with E-state index in [2.05, 4.69) is 27.7 Å². The molecule has 0 aliphatic heterocycles. The largest absolute Gasteiger partial charge is 0.393 e. The van der Waals surface area contributed by atoms with Gasteiger partial charge in [-0.3, -0.25) is 0 Å². The first-order chi connectivity index (χ1) is 8.25. The third-order valence-corrected chi connectivity index (χ3v) is 3.94. The first-order valence-corrected chi connectivity index (χ1v) is 7.61. The lowest BCUT2D eigenvalue weighted by atomic mass is 9.77. The molecule has 0 spiro atoms. The smallest absolute Gasteiger partial charge is 0.0543 e. The molecular formula is C16H34O2. The van der Waals surface area contributed by atoms with Crippen molar-refractivity contribution in [3.05, 3.63) is 0 Å². The van der Waals surface area contributed by atoms with Gasteiger partial charge < -0.3 is 10.2 Å². The molecule has 0 aliphatic carbocycles. The zero-order chi connectivity index (χ0) is 14.3. The van der Waals surface area contributed by atoms with Crippen molar-refractivity contribution < 1.29 is 10.2 Å². The highest BCUT2D eigenvalue weighted by molar-refractivity contribution is 4.79. The number of hydrogen-bond donors (Lipinski definition) is 2. The van der Waals surface area contributed by atoms with E-state index in [4.69, 9.17) is 0 Å². The van der Waals surface area contributed by atoms with Gasteiger partial charge in [-0.05, 0) is 50.4 Å². The van der Waals surface area contributed by atoms with Crippen LogP contribution in [0.15, 0.2) is 0 Å². The fourth-order valence-electron chi connectivity index (χ4n) is 2.68. The second-order valence-electron chi connectivity index (χ2n) is 6.75. The van der Waals surface area contributed by atoms with Gasteiger partial charge in [0.25, 0.3) is 0 Å². The molecular weight excluding hydrogens is 224 g/mol. The van der Waals surface area contributed by atoms with Gasteiger partial charge in [0, 0.05) is 0 Å². The highest BCUT2D eigenvalue weighted by atomic mass is 16.3. The molecule has 0 bridgehead atoms. The Kier molecular flexibility index (Phi) is 8.89. The molecule has 4 unspecified atom stereocenters. The van der Waals surface area contributed by atoms with E-state index in [-0.39, 0.29) is 24.0 Å². The molecule has 18 heavy (non-hydrogen) atoms. The summed E-state index contributed by atoms with van der Waals surface area (Å²) in [5.74, 6) is 1.77. The van der Waals surface area contributed by atoms with Crippen LogP contribution >= 0.6 is 0 Å². The van der Waals surface area contributed by atoms with Crippen molar-refractivity contribution >= 4 is 0 Å². The third-order valence-electron chi connectivity index (χ3n) is 3.94. The Morgan fingerprint density at radius 3 is 1.00 bits per heavy atom. The number of rotatable bonds is 9. The Hall–Kier alpha value is -0.0800. The van der Waals surface area contributed by atoms with Crippen LogP contribution in [0.3, 0.4) is 0 Å². The Morgan fingerprint density at radius 1 is 0.556 bits per heavy atom. The quantitative estimate of drug-likeness (QED) is 0.659. The van der Waals surface area contributed by atoms with Crippen molar-refractivity contribution in [3.8, 4) is 0 Å². The molecule has 0 rings (SSSR count).